The molecule has 1 aromatic carbocycles. The highest BCUT2D eigenvalue weighted by atomic mass is 35.5. The van der Waals surface area contributed by atoms with Crippen LogP contribution in [-0.2, 0) is 9.59 Å². The standard InChI is InChI=1S/C27H23ClF2N8O2.C2HF3O2/c1-14-3-2-4-22(19-7-15(5-6-31-19)25-21(36-26(14)40)11-35-38(25)27(29)30)37-13-34-18(10-23(37)39)17-8-16(28)9-20-24(17)33-12-32-20;3-2(4,5)1(6)7/h5-14,22,27H,2-4H2,1H3,(H,32,33)(H,36,40);(H,6,7)/t14-,22+;/m1./s1. The molecule has 1 aliphatic rings. The van der Waals surface area contributed by atoms with E-state index >= 15 is 0 Å². The van der Waals surface area contributed by atoms with Crippen LogP contribution in [0.2, 0.25) is 5.02 Å². The van der Waals surface area contributed by atoms with E-state index in [2.05, 4.69) is 30.4 Å². The second kappa shape index (κ2) is 13.3. The number of rotatable bonds is 3. The Morgan fingerprint density at radius 3 is 2.53 bits per heavy atom. The van der Waals surface area contributed by atoms with Gasteiger partial charge in [0.25, 0.3) is 5.56 Å². The van der Waals surface area contributed by atoms with Crippen LogP contribution in [-0.4, -0.2) is 57.4 Å². The van der Waals surface area contributed by atoms with Crippen LogP contribution in [0.4, 0.5) is 27.6 Å². The van der Waals surface area contributed by atoms with Crippen molar-refractivity contribution in [3.63, 3.8) is 0 Å². The van der Waals surface area contributed by atoms with Crippen LogP contribution in [0.5, 0.6) is 0 Å². The molecule has 0 radical (unpaired) electrons. The fourth-order valence-electron chi connectivity index (χ4n) is 5.10. The number of aromatic amines is 1. The van der Waals surface area contributed by atoms with E-state index in [1.54, 1.807) is 37.5 Å². The molecule has 0 spiro atoms. The summed E-state index contributed by atoms with van der Waals surface area (Å²) < 4.78 is 61.5. The van der Waals surface area contributed by atoms with E-state index in [1.807, 2.05) is 0 Å². The van der Waals surface area contributed by atoms with Gasteiger partial charge in [-0.1, -0.05) is 24.9 Å². The molecule has 2 bridgehead atoms. The average Bonchev–Trinajstić information content (AvgIpc) is 3.66. The largest absolute Gasteiger partial charge is 0.490 e. The molecule has 0 fully saturated rings. The third-order valence-corrected chi connectivity index (χ3v) is 7.59. The number of nitrogens with one attached hydrogen (secondary N) is 2. The number of imidazole rings is 1. The lowest BCUT2D eigenvalue weighted by Crippen LogP contribution is -2.27. The molecule has 5 heterocycles. The minimum atomic E-state index is -5.08. The van der Waals surface area contributed by atoms with Gasteiger partial charge >= 0.3 is 18.7 Å². The first-order valence-electron chi connectivity index (χ1n) is 13.9. The molecular weight excluding hydrogens is 655 g/mol. The molecule has 1 aliphatic heterocycles. The monoisotopic (exact) mass is 678 g/mol. The molecule has 0 saturated carbocycles. The predicted molar refractivity (Wildman–Crippen MR) is 159 cm³/mol. The lowest BCUT2D eigenvalue weighted by atomic mass is 9.97. The van der Waals surface area contributed by atoms with Crippen molar-refractivity contribution in [2.24, 2.45) is 5.92 Å². The minimum absolute atomic E-state index is 0.0586. The number of aromatic nitrogens is 7. The molecule has 0 saturated heterocycles. The van der Waals surface area contributed by atoms with Gasteiger partial charge in [-0.25, -0.2) is 19.4 Å². The maximum absolute atomic E-state index is 13.9. The molecule has 5 aromatic rings. The van der Waals surface area contributed by atoms with E-state index in [0.29, 0.717) is 57.0 Å². The number of H-pyrrole nitrogens is 1. The first-order chi connectivity index (χ1) is 22.2. The first kappa shape index (κ1) is 33.2. The number of aliphatic carboxylic acids is 1. The lowest BCUT2D eigenvalue weighted by molar-refractivity contribution is -0.192. The number of carbonyl (C=O) groups is 2. The zero-order valence-corrected chi connectivity index (χ0v) is 24.9. The number of amides is 1. The van der Waals surface area contributed by atoms with Crippen LogP contribution in [0.1, 0.15) is 44.5 Å². The molecule has 6 rings (SSSR count). The Bertz CT molecular complexity index is 2010. The molecule has 3 N–H and O–H groups in total. The summed E-state index contributed by atoms with van der Waals surface area (Å²) in [6.07, 6.45) is 2.21. The SMILES string of the molecule is C[C@@H]1CCC[C@H](n2cnc(-c3cc(Cl)cc4[nH]cnc34)cc2=O)c2cc(ccn2)-c2c(cnn2C(F)F)NC1=O.O=C(O)C(F)(F)F. The summed E-state index contributed by atoms with van der Waals surface area (Å²) in [4.78, 5) is 51.7. The average molecular weight is 679 g/mol. The van der Waals surface area contributed by atoms with Crippen LogP contribution < -0.4 is 10.9 Å². The van der Waals surface area contributed by atoms with Crippen LogP contribution in [0.3, 0.4) is 0 Å². The van der Waals surface area contributed by atoms with Crippen molar-refractivity contribution < 1.29 is 36.6 Å². The number of carboxylic acids is 1. The molecule has 0 unspecified atom stereocenters. The summed E-state index contributed by atoms with van der Waals surface area (Å²) in [5, 5.41) is 14.1. The van der Waals surface area contributed by atoms with Crippen molar-refractivity contribution in [1.29, 1.82) is 0 Å². The van der Waals surface area contributed by atoms with Crippen LogP contribution in [0.15, 0.2) is 60.2 Å². The van der Waals surface area contributed by atoms with Crippen LogP contribution in [0, 0.1) is 5.92 Å². The third-order valence-electron chi connectivity index (χ3n) is 7.37. The molecule has 12 nitrogen and oxygen atoms in total. The molecule has 246 valence electrons. The second-order valence-electron chi connectivity index (χ2n) is 10.5. The summed E-state index contributed by atoms with van der Waals surface area (Å²) in [5.41, 5.74) is 3.16. The van der Waals surface area contributed by atoms with E-state index < -0.39 is 30.7 Å². The van der Waals surface area contributed by atoms with Crippen molar-refractivity contribution in [2.75, 3.05) is 5.32 Å². The molecule has 0 aliphatic carbocycles. The number of alkyl halides is 5. The quantitative estimate of drug-likeness (QED) is 0.194. The Morgan fingerprint density at radius 2 is 1.85 bits per heavy atom. The van der Waals surface area contributed by atoms with Gasteiger partial charge in [-0.05, 0) is 37.1 Å². The summed E-state index contributed by atoms with van der Waals surface area (Å²) in [5.74, 6) is -3.45. The molecule has 47 heavy (non-hydrogen) atoms. The van der Waals surface area contributed by atoms with Gasteiger partial charge < -0.3 is 15.4 Å². The number of fused-ring (bicyclic) bond motifs is 5. The van der Waals surface area contributed by atoms with Crippen molar-refractivity contribution in [3.05, 3.63) is 76.5 Å². The van der Waals surface area contributed by atoms with Crippen molar-refractivity contribution in [3.8, 4) is 22.5 Å². The Hall–Kier alpha value is -5.19. The Kier molecular flexibility index (Phi) is 9.37. The number of hydrogen-bond acceptors (Lipinski definition) is 7. The maximum atomic E-state index is 13.9. The van der Waals surface area contributed by atoms with Crippen molar-refractivity contribution in [2.45, 2.75) is 45.0 Å². The normalized spacial score (nSPS) is 16.8. The minimum Gasteiger partial charge on any atom is -0.475 e. The maximum Gasteiger partial charge on any atom is 0.490 e. The van der Waals surface area contributed by atoms with Gasteiger partial charge in [0.2, 0.25) is 5.91 Å². The summed E-state index contributed by atoms with van der Waals surface area (Å²) >= 11 is 6.28. The fraction of sp³-hybridized carbons (Fsp3) is 0.276. The topological polar surface area (TPSA) is 161 Å². The highest BCUT2D eigenvalue weighted by molar-refractivity contribution is 6.31. The number of carbonyl (C=O) groups excluding carboxylic acids is 1. The number of hydrogen-bond donors (Lipinski definition) is 3. The number of halogens is 6. The van der Waals surface area contributed by atoms with E-state index in [-0.39, 0.29) is 22.8 Å². The third kappa shape index (κ3) is 7.14. The number of benzene rings is 1. The molecule has 18 heteroatoms. The number of nitrogens with zero attached hydrogens (tertiary/aromatic N) is 6. The molecule has 4 aromatic heterocycles. The molecule has 2 atom stereocenters. The Balaban J connectivity index is 0.000000559. The highest BCUT2D eigenvalue weighted by Gasteiger charge is 2.38. The smallest absolute Gasteiger partial charge is 0.475 e. The second-order valence-corrected chi connectivity index (χ2v) is 10.9. The molecule has 1 amide bonds. The number of carboxylic acid groups (broad SMARTS) is 1. The van der Waals surface area contributed by atoms with Gasteiger partial charge in [-0.3, -0.25) is 19.1 Å². The van der Waals surface area contributed by atoms with Crippen LogP contribution in [0.25, 0.3) is 33.5 Å². The zero-order chi connectivity index (χ0) is 34.0. The summed E-state index contributed by atoms with van der Waals surface area (Å²) in [6.45, 7) is -1.15. The number of pyridine rings is 1. The number of anilines is 1. The van der Waals surface area contributed by atoms with Gasteiger partial charge in [-0.2, -0.15) is 27.1 Å². The summed E-state index contributed by atoms with van der Waals surface area (Å²) in [7, 11) is 0. The van der Waals surface area contributed by atoms with Gasteiger partial charge in [0, 0.05) is 34.3 Å². The summed E-state index contributed by atoms with van der Waals surface area (Å²) in [6, 6.07) is 7.52. The Labute approximate surface area is 266 Å². The molecular formula is C29H24ClF5N8O4. The van der Waals surface area contributed by atoms with Crippen molar-refractivity contribution >= 4 is 40.2 Å². The zero-order valence-electron chi connectivity index (χ0n) is 24.2. The van der Waals surface area contributed by atoms with E-state index in [0.717, 1.165) is 5.52 Å². The van der Waals surface area contributed by atoms with E-state index in [4.69, 9.17) is 21.5 Å². The highest BCUT2D eigenvalue weighted by Crippen LogP contribution is 2.35. The fourth-order valence-corrected chi connectivity index (χ4v) is 5.32. The predicted octanol–water partition coefficient (Wildman–Crippen LogP) is 6.07. The van der Waals surface area contributed by atoms with Gasteiger partial charge in [-0.15, -0.1) is 0 Å². The van der Waals surface area contributed by atoms with Gasteiger partial charge in [0.05, 0.1) is 58.7 Å². The van der Waals surface area contributed by atoms with Crippen LogP contribution >= 0.6 is 11.6 Å². The Morgan fingerprint density at radius 1 is 1.11 bits per heavy atom. The van der Waals surface area contributed by atoms with Gasteiger partial charge in [0.15, 0.2) is 0 Å². The first-order valence-corrected chi connectivity index (χ1v) is 14.3. The lowest BCUT2D eigenvalue weighted by Gasteiger charge is -2.22. The van der Waals surface area contributed by atoms with E-state index in [1.165, 1.54) is 29.4 Å². The van der Waals surface area contributed by atoms with Crippen molar-refractivity contribution in [1.82, 2.24) is 34.3 Å². The van der Waals surface area contributed by atoms with Gasteiger partial charge in [0.1, 0.15) is 0 Å². The van der Waals surface area contributed by atoms with E-state index in [9.17, 15) is 31.5 Å².